The van der Waals surface area contributed by atoms with Crippen LogP contribution in [0.4, 0.5) is 0 Å². The van der Waals surface area contributed by atoms with Crippen molar-refractivity contribution in [3.63, 3.8) is 0 Å². The monoisotopic (exact) mass is 432 g/mol. The summed E-state index contributed by atoms with van der Waals surface area (Å²) in [7, 11) is 0. The maximum atomic E-state index is 12.2. The number of hydrogen-bond donors (Lipinski definition) is 8. The fraction of sp³-hybridized carbons (Fsp3) is 0.706. The number of amides is 4. The summed E-state index contributed by atoms with van der Waals surface area (Å²) in [4.78, 5) is 58.1. The van der Waals surface area contributed by atoms with Crippen LogP contribution in [0.1, 0.15) is 39.0 Å². The summed E-state index contributed by atoms with van der Waals surface area (Å²) in [5.41, 5.74) is 15.9. The second-order valence-electron chi connectivity index (χ2n) is 6.80. The molecule has 0 rings (SSSR count). The SMILES string of the molecule is CC(O)C(NC(=O)C(N)CCC(N)=O)C(=O)NCC(=O)NC(CCCCN)C(=O)O. The molecule has 0 aliphatic carbocycles. The Morgan fingerprint density at radius 1 is 1.00 bits per heavy atom. The maximum absolute atomic E-state index is 12.2. The summed E-state index contributed by atoms with van der Waals surface area (Å²) in [5, 5.41) is 25.6. The molecule has 0 spiro atoms. The number of aliphatic carboxylic acids is 1. The molecule has 0 aliphatic rings. The average Bonchev–Trinajstić information content (AvgIpc) is 2.66. The average molecular weight is 432 g/mol. The quantitative estimate of drug-likeness (QED) is 0.118. The molecular formula is C17H32N6O7. The normalized spacial score (nSPS) is 14.7. The molecule has 4 amide bonds. The van der Waals surface area contributed by atoms with E-state index < -0.39 is 60.4 Å². The van der Waals surface area contributed by atoms with Gasteiger partial charge in [-0.05, 0) is 39.2 Å². The van der Waals surface area contributed by atoms with Gasteiger partial charge in [-0.1, -0.05) is 0 Å². The van der Waals surface area contributed by atoms with Gasteiger partial charge in [-0.25, -0.2) is 4.79 Å². The van der Waals surface area contributed by atoms with Crippen molar-refractivity contribution in [1.29, 1.82) is 0 Å². The van der Waals surface area contributed by atoms with Gasteiger partial charge < -0.3 is 43.4 Å². The minimum Gasteiger partial charge on any atom is -0.480 e. The minimum atomic E-state index is -1.41. The van der Waals surface area contributed by atoms with Gasteiger partial charge in [0.05, 0.1) is 18.7 Å². The Morgan fingerprint density at radius 3 is 2.13 bits per heavy atom. The van der Waals surface area contributed by atoms with Crippen LogP contribution in [-0.2, 0) is 24.0 Å². The maximum Gasteiger partial charge on any atom is 0.326 e. The van der Waals surface area contributed by atoms with Gasteiger partial charge in [-0.3, -0.25) is 19.2 Å². The van der Waals surface area contributed by atoms with Crippen molar-refractivity contribution in [1.82, 2.24) is 16.0 Å². The van der Waals surface area contributed by atoms with Crippen molar-refractivity contribution in [2.45, 2.75) is 63.3 Å². The van der Waals surface area contributed by atoms with Crippen LogP contribution in [-0.4, -0.2) is 77.1 Å². The van der Waals surface area contributed by atoms with Crippen LogP contribution < -0.4 is 33.2 Å². The second kappa shape index (κ2) is 14.3. The lowest BCUT2D eigenvalue weighted by atomic mass is 10.1. The van der Waals surface area contributed by atoms with E-state index in [-0.39, 0.29) is 19.3 Å². The molecule has 0 aromatic carbocycles. The Hall–Kier alpha value is -2.77. The highest BCUT2D eigenvalue weighted by molar-refractivity contribution is 5.93. The van der Waals surface area contributed by atoms with E-state index in [0.717, 1.165) is 0 Å². The molecule has 13 heteroatoms. The minimum absolute atomic E-state index is 0.0432. The number of aliphatic hydroxyl groups excluding tert-OH is 1. The number of primary amides is 1. The molecule has 13 nitrogen and oxygen atoms in total. The number of hydrogen-bond acceptors (Lipinski definition) is 8. The summed E-state index contributed by atoms with van der Waals surface area (Å²) < 4.78 is 0. The molecular weight excluding hydrogens is 400 g/mol. The number of nitrogens with two attached hydrogens (primary N) is 3. The summed E-state index contributed by atoms with van der Waals surface area (Å²) in [6, 6.07) is -3.67. The zero-order valence-electron chi connectivity index (χ0n) is 16.9. The van der Waals surface area contributed by atoms with Crippen LogP contribution in [0.3, 0.4) is 0 Å². The molecule has 0 bridgehead atoms. The Kier molecular flexibility index (Phi) is 12.9. The van der Waals surface area contributed by atoms with E-state index in [2.05, 4.69) is 16.0 Å². The van der Waals surface area contributed by atoms with Crippen LogP contribution in [0.15, 0.2) is 0 Å². The standard InChI is InChI=1S/C17H32N6O7/c1-9(24)14(23-15(27)10(19)5-6-12(20)25)16(28)21-8-13(26)22-11(17(29)30)4-2-3-7-18/h9-11,14,24H,2-8,18-19H2,1H3,(H2,20,25)(H,21,28)(H,22,26)(H,23,27)(H,29,30). The third-order valence-corrected chi connectivity index (χ3v) is 4.10. The van der Waals surface area contributed by atoms with Crippen LogP contribution in [0.25, 0.3) is 0 Å². The Balaban J connectivity index is 4.69. The number of carboxylic acids is 1. The molecule has 11 N–H and O–H groups in total. The van der Waals surface area contributed by atoms with E-state index in [9.17, 15) is 29.1 Å². The second-order valence-corrected chi connectivity index (χ2v) is 6.80. The van der Waals surface area contributed by atoms with Gasteiger partial charge in [0.25, 0.3) is 0 Å². The van der Waals surface area contributed by atoms with Gasteiger partial charge >= 0.3 is 5.97 Å². The third kappa shape index (κ3) is 11.3. The lowest BCUT2D eigenvalue weighted by Gasteiger charge is -2.23. The number of rotatable bonds is 15. The summed E-state index contributed by atoms with van der Waals surface area (Å²) in [6.45, 7) is 1.08. The van der Waals surface area contributed by atoms with E-state index in [1.165, 1.54) is 6.92 Å². The molecule has 172 valence electrons. The lowest BCUT2D eigenvalue weighted by molar-refractivity contribution is -0.142. The van der Waals surface area contributed by atoms with E-state index in [1.807, 2.05) is 0 Å². The summed E-state index contributed by atoms with van der Waals surface area (Å²) in [5.74, 6) is -4.27. The van der Waals surface area contributed by atoms with Crippen molar-refractivity contribution in [3.05, 3.63) is 0 Å². The predicted octanol–water partition coefficient (Wildman–Crippen LogP) is -3.74. The largest absolute Gasteiger partial charge is 0.480 e. The summed E-state index contributed by atoms with van der Waals surface area (Å²) >= 11 is 0. The molecule has 4 unspecified atom stereocenters. The fourth-order valence-electron chi connectivity index (χ4n) is 2.37. The molecule has 0 heterocycles. The van der Waals surface area contributed by atoms with Crippen molar-refractivity contribution in [2.24, 2.45) is 17.2 Å². The molecule has 0 aliphatic heterocycles. The number of nitrogens with one attached hydrogen (secondary N) is 3. The lowest BCUT2D eigenvalue weighted by Crippen LogP contribution is -2.57. The number of carboxylic acid groups (broad SMARTS) is 1. The molecule has 0 saturated heterocycles. The first kappa shape index (κ1) is 27.2. The molecule has 4 atom stereocenters. The van der Waals surface area contributed by atoms with E-state index in [4.69, 9.17) is 22.3 Å². The van der Waals surface area contributed by atoms with Gasteiger partial charge in [0.15, 0.2) is 0 Å². The summed E-state index contributed by atoms with van der Waals surface area (Å²) in [6.07, 6.45) is -0.195. The van der Waals surface area contributed by atoms with Gasteiger partial charge in [0, 0.05) is 6.42 Å². The zero-order chi connectivity index (χ0) is 23.3. The number of unbranched alkanes of at least 4 members (excludes halogenated alkanes) is 1. The number of aliphatic hydroxyl groups is 1. The molecule has 0 aromatic rings. The highest BCUT2D eigenvalue weighted by Gasteiger charge is 2.28. The molecule has 0 aromatic heterocycles. The first-order valence-corrected chi connectivity index (χ1v) is 9.51. The number of carbonyl (C=O) groups excluding carboxylic acids is 4. The fourth-order valence-corrected chi connectivity index (χ4v) is 2.37. The first-order chi connectivity index (χ1) is 14.0. The van der Waals surface area contributed by atoms with Crippen LogP contribution in [0.5, 0.6) is 0 Å². The molecule has 0 radical (unpaired) electrons. The Labute approximate surface area is 174 Å². The third-order valence-electron chi connectivity index (χ3n) is 4.10. The Morgan fingerprint density at radius 2 is 1.63 bits per heavy atom. The van der Waals surface area contributed by atoms with Gasteiger partial charge in [0.1, 0.15) is 12.1 Å². The zero-order valence-corrected chi connectivity index (χ0v) is 16.9. The topological polar surface area (TPSA) is 240 Å². The Bertz CT molecular complexity index is 613. The van der Waals surface area contributed by atoms with E-state index in [1.54, 1.807) is 0 Å². The van der Waals surface area contributed by atoms with Crippen molar-refractivity contribution in [3.8, 4) is 0 Å². The highest BCUT2D eigenvalue weighted by Crippen LogP contribution is 2.01. The van der Waals surface area contributed by atoms with Crippen LogP contribution in [0, 0.1) is 0 Å². The van der Waals surface area contributed by atoms with Crippen molar-refractivity contribution in [2.75, 3.05) is 13.1 Å². The van der Waals surface area contributed by atoms with Crippen molar-refractivity contribution < 1.29 is 34.2 Å². The predicted molar refractivity (Wildman–Crippen MR) is 105 cm³/mol. The van der Waals surface area contributed by atoms with Gasteiger partial charge in [-0.15, -0.1) is 0 Å². The van der Waals surface area contributed by atoms with Gasteiger partial charge in [0.2, 0.25) is 23.6 Å². The van der Waals surface area contributed by atoms with Crippen LogP contribution in [0.2, 0.25) is 0 Å². The van der Waals surface area contributed by atoms with Crippen LogP contribution >= 0.6 is 0 Å². The number of carbonyl (C=O) groups is 5. The highest BCUT2D eigenvalue weighted by atomic mass is 16.4. The molecule has 0 saturated carbocycles. The van der Waals surface area contributed by atoms with Gasteiger partial charge in [-0.2, -0.15) is 0 Å². The van der Waals surface area contributed by atoms with E-state index >= 15 is 0 Å². The molecule has 0 fully saturated rings. The smallest absolute Gasteiger partial charge is 0.326 e. The molecule has 30 heavy (non-hydrogen) atoms. The van der Waals surface area contributed by atoms with E-state index in [0.29, 0.717) is 19.4 Å². The first-order valence-electron chi connectivity index (χ1n) is 9.51. The van der Waals surface area contributed by atoms with Crippen molar-refractivity contribution >= 4 is 29.6 Å².